The lowest BCUT2D eigenvalue weighted by Gasteiger charge is -2.19. The topological polar surface area (TPSA) is 35.5 Å². The molecule has 0 atom stereocenters. The van der Waals surface area contributed by atoms with Crippen LogP contribution in [0.1, 0.15) is 47.9 Å². The molecule has 0 aliphatic carbocycles. The molecule has 172 valence electrons. The number of benzene rings is 4. The van der Waals surface area contributed by atoms with Gasteiger partial charge in [-0.25, -0.2) is 0 Å². The zero-order chi connectivity index (χ0) is 23.6. The van der Waals surface area contributed by atoms with Crippen LogP contribution in [0.4, 0.5) is 0 Å². The van der Waals surface area contributed by atoms with Crippen LogP contribution in [-0.2, 0) is 18.0 Å². The normalized spacial score (nSPS) is 10.8. The Morgan fingerprint density at radius 3 is 1.56 bits per heavy atom. The van der Waals surface area contributed by atoms with Gasteiger partial charge in [0.05, 0.1) is 0 Å². The lowest BCUT2D eigenvalue weighted by molar-refractivity contribution is -0.118. The molecule has 0 heterocycles. The number of ether oxygens (including phenoxy) is 2. The number of hydrogen-bond donors (Lipinski definition) is 0. The van der Waals surface area contributed by atoms with Crippen LogP contribution in [0.2, 0.25) is 0 Å². The van der Waals surface area contributed by atoms with Crippen molar-refractivity contribution in [1.29, 1.82) is 0 Å². The van der Waals surface area contributed by atoms with Gasteiger partial charge in [0.15, 0.2) is 0 Å². The van der Waals surface area contributed by atoms with Crippen LogP contribution in [-0.4, -0.2) is 5.78 Å². The minimum atomic E-state index is -0.0620. The molecule has 0 saturated heterocycles. The molecule has 4 rings (SSSR count). The molecule has 4 aromatic rings. The second-order valence-corrected chi connectivity index (χ2v) is 8.34. The van der Waals surface area contributed by atoms with Gasteiger partial charge in [-0.1, -0.05) is 91.9 Å². The summed E-state index contributed by atoms with van der Waals surface area (Å²) in [6.45, 7) is 2.93. The molecule has 0 unspecified atom stereocenters. The molecule has 0 fully saturated rings. The van der Waals surface area contributed by atoms with Gasteiger partial charge in [0.2, 0.25) is 0 Å². The minimum Gasteiger partial charge on any atom is -0.489 e. The molecule has 3 heteroatoms. The van der Waals surface area contributed by atoms with Gasteiger partial charge in [-0.05, 0) is 46.5 Å². The number of carbonyl (C=O) groups excluding carboxylic acids is 1. The lowest BCUT2D eigenvalue weighted by Crippen LogP contribution is -2.09. The molecule has 0 amide bonds. The molecule has 34 heavy (non-hydrogen) atoms. The summed E-state index contributed by atoms with van der Waals surface area (Å²) in [5.41, 5.74) is 4.36. The van der Waals surface area contributed by atoms with Crippen LogP contribution in [0.5, 0.6) is 11.5 Å². The Bertz CT molecular complexity index is 1100. The number of hydrogen-bond acceptors (Lipinski definition) is 3. The number of ketones is 1. The van der Waals surface area contributed by atoms with Gasteiger partial charge >= 0.3 is 0 Å². The number of Topliss-reactive ketones (excluding diaryl/α,β-unsaturated/α-hetero) is 1. The third-order valence-electron chi connectivity index (χ3n) is 5.84. The van der Waals surface area contributed by atoms with E-state index >= 15 is 0 Å². The maximum atomic E-state index is 12.5. The zero-order valence-electron chi connectivity index (χ0n) is 19.5. The molecule has 4 aromatic carbocycles. The average molecular weight is 451 g/mol. The fraction of sp³-hybridized carbons (Fsp3) is 0.194. The summed E-state index contributed by atoms with van der Waals surface area (Å²) >= 11 is 0. The van der Waals surface area contributed by atoms with E-state index in [1.54, 1.807) is 0 Å². The van der Waals surface area contributed by atoms with Gasteiger partial charge in [-0.2, -0.15) is 0 Å². The fourth-order valence-electron chi connectivity index (χ4n) is 3.92. The lowest BCUT2D eigenvalue weighted by atomic mass is 9.86. The highest BCUT2D eigenvalue weighted by atomic mass is 16.5. The summed E-state index contributed by atoms with van der Waals surface area (Å²) in [4.78, 5) is 12.5. The van der Waals surface area contributed by atoms with Crippen LogP contribution in [0.3, 0.4) is 0 Å². The molecule has 0 saturated carbocycles. The van der Waals surface area contributed by atoms with Crippen molar-refractivity contribution < 1.29 is 14.3 Å². The first-order valence-electron chi connectivity index (χ1n) is 11.8. The molecule has 0 N–H and O–H groups in total. The number of rotatable bonds is 11. The van der Waals surface area contributed by atoms with Gasteiger partial charge in [0.1, 0.15) is 30.5 Å². The Balaban J connectivity index is 1.54. The standard InChI is InChI=1S/C31H30O3/c1-2-28(32)21-31(26-15-9-17-29(19-26)33-22-24-11-5-3-6-12-24)27-16-10-18-30(20-27)34-23-25-13-7-4-8-14-25/h3-20,31H,2,21-23H2,1H3. The summed E-state index contributed by atoms with van der Waals surface area (Å²) in [6.07, 6.45) is 0.964. The Morgan fingerprint density at radius 2 is 1.12 bits per heavy atom. The van der Waals surface area contributed by atoms with E-state index in [0.29, 0.717) is 26.1 Å². The van der Waals surface area contributed by atoms with Gasteiger partial charge in [-0.15, -0.1) is 0 Å². The van der Waals surface area contributed by atoms with E-state index in [9.17, 15) is 4.79 Å². The van der Waals surface area contributed by atoms with Crippen LogP contribution >= 0.6 is 0 Å². The van der Waals surface area contributed by atoms with Crippen LogP contribution in [0.25, 0.3) is 0 Å². The summed E-state index contributed by atoms with van der Waals surface area (Å²) in [5.74, 6) is 1.77. The molecule has 0 aliphatic heterocycles. The first kappa shape index (κ1) is 23.3. The Kier molecular flexibility index (Phi) is 8.13. The molecular formula is C31H30O3. The van der Waals surface area contributed by atoms with Crippen molar-refractivity contribution in [3.63, 3.8) is 0 Å². The third kappa shape index (κ3) is 6.58. The van der Waals surface area contributed by atoms with Crippen molar-refractivity contribution in [2.75, 3.05) is 0 Å². The highest BCUT2D eigenvalue weighted by molar-refractivity contribution is 5.79. The van der Waals surface area contributed by atoms with Crippen LogP contribution < -0.4 is 9.47 Å². The van der Waals surface area contributed by atoms with Gasteiger partial charge in [0, 0.05) is 18.8 Å². The maximum Gasteiger partial charge on any atom is 0.133 e. The van der Waals surface area contributed by atoms with Crippen molar-refractivity contribution in [2.45, 2.75) is 38.9 Å². The molecule has 0 aromatic heterocycles. The summed E-state index contributed by atoms with van der Waals surface area (Å²) in [6, 6.07) is 36.4. The molecule has 3 nitrogen and oxygen atoms in total. The molecule has 0 radical (unpaired) electrons. The van der Waals surface area contributed by atoms with Crippen LogP contribution in [0.15, 0.2) is 109 Å². The second-order valence-electron chi connectivity index (χ2n) is 8.34. The highest BCUT2D eigenvalue weighted by Gasteiger charge is 2.19. The predicted molar refractivity (Wildman–Crippen MR) is 136 cm³/mol. The summed E-state index contributed by atoms with van der Waals surface area (Å²) < 4.78 is 12.1. The van der Waals surface area contributed by atoms with E-state index in [2.05, 4.69) is 12.1 Å². The Hall–Kier alpha value is -3.85. The van der Waals surface area contributed by atoms with Crippen molar-refractivity contribution in [2.24, 2.45) is 0 Å². The maximum absolute atomic E-state index is 12.5. The zero-order valence-corrected chi connectivity index (χ0v) is 19.5. The number of carbonyl (C=O) groups is 1. The third-order valence-corrected chi connectivity index (χ3v) is 5.84. The average Bonchev–Trinajstić information content (AvgIpc) is 2.90. The van der Waals surface area contributed by atoms with Crippen molar-refractivity contribution in [3.8, 4) is 11.5 Å². The first-order chi connectivity index (χ1) is 16.7. The van der Waals surface area contributed by atoms with Crippen molar-refractivity contribution in [3.05, 3.63) is 131 Å². The minimum absolute atomic E-state index is 0.0620. The predicted octanol–water partition coefficient (Wildman–Crippen LogP) is 7.35. The van der Waals surface area contributed by atoms with E-state index in [1.165, 1.54) is 0 Å². The fourth-order valence-corrected chi connectivity index (χ4v) is 3.92. The largest absolute Gasteiger partial charge is 0.489 e. The van der Waals surface area contributed by atoms with Gasteiger partial charge in [0.25, 0.3) is 0 Å². The van der Waals surface area contributed by atoms with Crippen LogP contribution in [0, 0.1) is 0 Å². The quantitative estimate of drug-likeness (QED) is 0.240. The molecular weight excluding hydrogens is 420 g/mol. The smallest absolute Gasteiger partial charge is 0.133 e. The summed E-state index contributed by atoms with van der Waals surface area (Å²) in [5, 5.41) is 0. The van der Waals surface area contributed by atoms with Gasteiger partial charge < -0.3 is 9.47 Å². The van der Waals surface area contributed by atoms with E-state index < -0.39 is 0 Å². The molecule has 0 bridgehead atoms. The van der Waals surface area contributed by atoms with Crippen molar-refractivity contribution >= 4 is 5.78 Å². The Labute approximate surface area is 202 Å². The second kappa shape index (κ2) is 11.9. The molecule has 0 aliphatic rings. The van der Waals surface area contributed by atoms with E-state index in [1.807, 2.05) is 104 Å². The first-order valence-corrected chi connectivity index (χ1v) is 11.8. The van der Waals surface area contributed by atoms with Crippen molar-refractivity contribution in [1.82, 2.24) is 0 Å². The van der Waals surface area contributed by atoms with Gasteiger partial charge in [-0.3, -0.25) is 4.79 Å². The Morgan fingerprint density at radius 1 is 0.647 bits per heavy atom. The SMILES string of the molecule is CCC(=O)CC(c1cccc(OCc2ccccc2)c1)c1cccc(OCc2ccccc2)c1. The monoisotopic (exact) mass is 450 g/mol. The van der Waals surface area contributed by atoms with E-state index in [4.69, 9.17) is 9.47 Å². The summed E-state index contributed by atoms with van der Waals surface area (Å²) in [7, 11) is 0. The molecule has 0 spiro atoms. The van der Waals surface area contributed by atoms with E-state index in [0.717, 1.165) is 33.8 Å². The van der Waals surface area contributed by atoms with E-state index in [-0.39, 0.29) is 11.7 Å². The highest BCUT2D eigenvalue weighted by Crippen LogP contribution is 2.33.